The fourth-order valence-corrected chi connectivity index (χ4v) is 3.99. The van der Waals surface area contributed by atoms with Crippen molar-refractivity contribution in [3.05, 3.63) is 41.3 Å². The first-order valence-corrected chi connectivity index (χ1v) is 8.72. The molecule has 1 aromatic rings. The van der Waals surface area contributed by atoms with E-state index in [1.54, 1.807) is 0 Å². The van der Waals surface area contributed by atoms with Crippen LogP contribution in [-0.2, 0) is 0 Å². The normalized spacial score (nSPS) is 27.4. The Bertz CT molecular complexity index is 537. The number of nitrogens with two attached hydrogens (primary N) is 1. The van der Waals surface area contributed by atoms with Gasteiger partial charge in [-0.15, -0.1) is 7.92 Å². The summed E-state index contributed by atoms with van der Waals surface area (Å²) >= 11 is 0. The van der Waals surface area contributed by atoms with Gasteiger partial charge in [-0.3, -0.25) is 0 Å². The van der Waals surface area contributed by atoms with Crippen molar-refractivity contribution in [3.8, 4) is 0 Å². The van der Waals surface area contributed by atoms with Crippen LogP contribution in [-0.4, -0.2) is 28.2 Å². The number of anilines is 1. The number of aryl methyl sites for hydroxylation is 1. The Balaban J connectivity index is 2.65. The van der Waals surface area contributed by atoms with Gasteiger partial charge in [0.1, 0.15) is 11.6 Å². The number of aromatic nitrogens is 1. The highest BCUT2D eigenvalue weighted by molar-refractivity contribution is 7.58. The lowest BCUT2D eigenvalue weighted by Crippen LogP contribution is -2.37. The van der Waals surface area contributed by atoms with Gasteiger partial charge in [0.05, 0.1) is 6.04 Å². The molecule has 0 spiro atoms. The van der Waals surface area contributed by atoms with E-state index in [9.17, 15) is 5.11 Å². The molecular formula is C15H23N2OP. The van der Waals surface area contributed by atoms with Crippen LogP contribution in [0.1, 0.15) is 25.6 Å². The van der Waals surface area contributed by atoms with E-state index in [-0.39, 0.29) is 19.1 Å². The summed E-state index contributed by atoms with van der Waals surface area (Å²) in [6.07, 6.45) is 3.98. The smallest absolute Gasteiger partial charge is 0.116 e. The van der Waals surface area contributed by atoms with Crippen LogP contribution in [0.5, 0.6) is 0 Å². The molecule has 3 N–H and O–H groups in total. The fraction of sp³-hybridized carbons (Fsp3) is 0.467. The van der Waals surface area contributed by atoms with Gasteiger partial charge in [0.2, 0.25) is 0 Å². The fourth-order valence-electron chi connectivity index (χ4n) is 2.82. The molecule has 0 radical (unpaired) electrons. The number of hydrogen-bond donors (Lipinski definition) is 2. The Kier molecular flexibility index (Phi) is 3.53. The monoisotopic (exact) mass is 278 g/mol. The number of aliphatic hydroxyl groups is 1. The van der Waals surface area contributed by atoms with Gasteiger partial charge >= 0.3 is 0 Å². The third kappa shape index (κ3) is 2.10. The molecule has 0 amide bonds. The van der Waals surface area contributed by atoms with Gasteiger partial charge < -0.3 is 15.4 Å². The summed E-state index contributed by atoms with van der Waals surface area (Å²) in [5.41, 5.74) is 8.27. The quantitative estimate of drug-likeness (QED) is 0.808. The van der Waals surface area contributed by atoms with E-state index in [2.05, 4.69) is 37.8 Å². The van der Waals surface area contributed by atoms with Crippen molar-refractivity contribution in [1.29, 1.82) is 0 Å². The van der Waals surface area contributed by atoms with E-state index in [1.165, 1.54) is 0 Å². The van der Waals surface area contributed by atoms with Gasteiger partial charge in [0.25, 0.3) is 0 Å². The zero-order valence-corrected chi connectivity index (χ0v) is 13.2. The van der Waals surface area contributed by atoms with Crippen LogP contribution in [0, 0.1) is 6.92 Å². The highest BCUT2D eigenvalue weighted by atomic mass is 31.1. The van der Waals surface area contributed by atoms with E-state index in [0.29, 0.717) is 5.76 Å². The van der Waals surface area contributed by atoms with Crippen molar-refractivity contribution < 1.29 is 5.11 Å². The zero-order valence-electron chi connectivity index (χ0n) is 12.3. The van der Waals surface area contributed by atoms with E-state index in [1.807, 2.05) is 25.1 Å². The summed E-state index contributed by atoms with van der Waals surface area (Å²) in [6.45, 7) is 10.9. The van der Waals surface area contributed by atoms with E-state index < -0.39 is 0 Å². The molecule has 0 aromatic carbocycles. The SMILES string of the molecule is CC1=C(O)C=CC(C)(P(C)C)C1n1c(C)ccc1N. The maximum Gasteiger partial charge on any atom is 0.116 e. The minimum absolute atomic E-state index is 0.00352. The molecule has 0 saturated carbocycles. The highest BCUT2D eigenvalue weighted by Crippen LogP contribution is 2.55. The van der Waals surface area contributed by atoms with Crippen LogP contribution in [0.25, 0.3) is 0 Å². The minimum atomic E-state index is -0.224. The van der Waals surface area contributed by atoms with E-state index >= 15 is 0 Å². The molecule has 0 saturated heterocycles. The second kappa shape index (κ2) is 4.72. The Morgan fingerprint density at radius 3 is 2.42 bits per heavy atom. The molecule has 2 unspecified atom stereocenters. The average Bonchev–Trinajstić information content (AvgIpc) is 2.66. The van der Waals surface area contributed by atoms with Crippen LogP contribution in [0.4, 0.5) is 5.82 Å². The molecule has 1 aliphatic rings. The summed E-state index contributed by atoms with van der Waals surface area (Å²) in [5.74, 6) is 1.12. The topological polar surface area (TPSA) is 51.2 Å². The summed E-state index contributed by atoms with van der Waals surface area (Å²) in [4.78, 5) is 0. The largest absolute Gasteiger partial charge is 0.508 e. The van der Waals surface area contributed by atoms with Crippen LogP contribution in [0.3, 0.4) is 0 Å². The number of nitrogen functional groups attached to an aromatic ring is 1. The molecule has 0 fully saturated rings. The molecule has 1 aliphatic carbocycles. The molecule has 0 aliphatic heterocycles. The maximum absolute atomic E-state index is 10.1. The van der Waals surface area contributed by atoms with Crippen molar-refractivity contribution >= 4 is 13.7 Å². The summed E-state index contributed by atoms with van der Waals surface area (Å²) < 4.78 is 2.15. The molecule has 0 bridgehead atoms. The molecule has 1 aromatic heterocycles. The molecule has 19 heavy (non-hydrogen) atoms. The molecule has 1 heterocycles. The van der Waals surface area contributed by atoms with Crippen molar-refractivity contribution in [2.45, 2.75) is 32.0 Å². The second-order valence-corrected chi connectivity index (χ2v) is 8.45. The summed E-state index contributed by atoms with van der Waals surface area (Å²) in [7, 11) is -0.224. The van der Waals surface area contributed by atoms with Gasteiger partial charge in [-0.05, 0) is 57.9 Å². The predicted octanol–water partition coefficient (Wildman–Crippen LogP) is 3.82. The highest BCUT2D eigenvalue weighted by Gasteiger charge is 2.41. The van der Waals surface area contributed by atoms with E-state index in [4.69, 9.17) is 5.73 Å². The lowest BCUT2D eigenvalue weighted by molar-refractivity contribution is 0.387. The number of rotatable bonds is 2. The first-order chi connectivity index (χ1) is 8.79. The van der Waals surface area contributed by atoms with Crippen molar-refractivity contribution in [3.63, 3.8) is 0 Å². The first kappa shape index (κ1) is 14.2. The van der Waals surface area contributed by atoms with Crippen molar-refractivity contribution in [2.24, 2.45) is 0 Å². The second-order valence-electron chi connectivity index (χ2n) is 5.69. The van der Waals surface area contributed by atoms with Gasteiger partial charge in [-0.2, -0.15) is 0 Å². The lowest BCUT2D eigenvalue weighted by Gasteiger charge is -2.43. The number of allylic oxidation sites excluding steroid dienone is 3. The van der Waals surface area contributed by atoms with Crippen molar-refractivity contribution in [2.75, 3.05) is 19.1 Å². The van der Waals surface area contributed by atoms with Gasteiger partial charge in [0.15, 0.2) is 0 Å². The standard InChI is InChI=1S/C15H23N2OP/c1-10-6-7-13(16)17(10)14-11(2)12(18)8-9-15(14,3)19(4)5/h6-9,14,18H,16H2,1-5H3. The van der Waals surface area contributed by atoms with Crippen LogP contribution < -0.4 is 5.73 Å². The third-order valence-electron chi connectivity index (χ3n) is 4.32. The van der Waals surface area contributed by atoms with Crippen LogP contribution in [0.15, 0.2) is 35.6 Å². The predicted molar refractivity (Wildman–Crippen MR) is 84.3 cm³/mol. The summed E-state index contributed by atoms with van der Waals surface area (Å²) in [5, 5.41) is 10.1. The number of hydrogen-bond acceptors (Lipinski definition) is 2. The van der Waals surface area contributed by atoms with E-state index in [0.717, 1.165) is 17.1 Å². The number of aliphatic hydroxyl groups excluding tert-OH is 1. The van der Waals surface area contributed by atoms with Gasteiger partial charge in [-0.25, -0.2) is 0 Å². The Morgan fingerprint density at radius 2 is 1.95 bits per heavy atom. The van der Waals surface area contributed by atoms with Crippen molar-refractivity contribution in [1.82, 2.24) is 4.57 Å². The Morgan fingerprint density at radius 1 is 1.32 bits per heavy atom. The molecule has 104 valence electrons. The van der Waals surface area contributed by atoms with Gasteiger partial charge in [-0.1, -0.05) is 6.08 Å². The molecule has 4 heteroatoms. The maximum atomic E-state index is 10.1. The van der Waals surface area contributed by atoms with Crippen LogP contribution in [0.2, 0.25) is 0 Å². The third-order valence-corrected chi connectivity index (χ3v) is 6.64. The minimum Gasteiger partial charge on any atom is -0.508 e. The molecule has 3 nitrogen and oxygen atoms in total. The molecular weight excluding hydrogens is 255 g/mol. The Hall–Kier alpha value is -1.21. The van der Waals surface area contributed by atoms with Crippen LogP contribution >= 0.6 is 7.92 Å². The molecule has 2 rings (SSSR count). The van der Waals surface area contributed by atoms with Gasteiger partial charge in [0, 0.05) is 10.9 Å². The molecule has 2 atom stereocenters. The Labute approximate surface area is 116 Å². The first-order valence-electron chi connectivity index (χ1n) is 6.48. The lowest BCUT2D eigenvalue weighted by atomic mass is 9.88. The number of nitrogens with zero attached hydrogens (tertiary/aromatic N) is 1. The summed E-state index contributed by atoms with van der Waals surface area (Å²) in [6, 6.07) is 4.06. The zero-order chi connectivity index (χ0) is 14.4. The average molecular weight is 278 g/mol.